The van der Waals surface area contributed by atoms with Crippen LogP contribution in [0.3, 0.4) is 0 Å². The lowest BCUT2D eigenvalue weighted by Gasteiger charge is -1.85. The molecule has 0 aromatic carbocycles. The number of nitriles is 1. The van der Waals surface area contributed by atoms with E-state index in [1.807, 2.05) is 6.07 Å². The third kappa shape index (κ3) is 1.83. The summed E-state index contributed by atoms with van der Waals surface area (Å²) < 4.78 is 0. The van der Waals surface area contributed by atoms with E-state index in [0.717, 1.165) is 0 Å². The van der Waals surface area contributed by atoms with Gasteiger partial charge in [0.2, 0.25) is 0 Å². The van der Waals surface area contributed by atoms with Gasteiger partial charge in [-0.3, -0.25) is 0 Å². The average molecular weight is 95.1 g/mol. The molecule has 0 spiro atoms. The van der Waals surface area contributed by atoms with Gasteiger partial charge in [-0.1, -0.05) is 0 Å². The van der Waals surface area contributed by atoms with E-state index in [0.29, 0.717) is 11.3 Å². The predicted octanol–water partition coefficient (Wildman–Crippen LogP) is 0.577. The lowest BCUT2D eigenvalue weighted by molar-refractivity contribution is 1.27. The lowest BCUT2D eigenvalue weighted by atomic mass is 10.3. The van der Waals surface area contributed by atoms with E-state index in [-0.39, 0.29) is 0 Å². The lowest BCUT2D eigenvalue weighted by Crippen LogP contribution is -1.92. The van der Waals surface area contributed by atoms with Gasteiger partial charge in [0.25, 0.3) is 0 Å². The van der Waals surface area contributed by atoms with Gasteiger partial charge in [0.05, 0.1) is 6.07 Å². The van der Waals surface area contributed by atoms with Crippen molar-refractivity contribution in [2.45, 2.75) is 6.92 Å². The van der Waals surface area contributed by atoms with Crippen molar-refractivity contribution < 1.29 is 0 Å². The minimum Gasteiger partial charge on any atom is -0.401 e. The Morgan fingerprint density at radius 3 is 2.29 bits per heavy atom. The Morgan fingerprint density at radius 2 is 2.29 bits per heavy atom. The summed E-state index contributed by atoms with van der Waals surface area (Å²) >= 11 is 0. The number of hydrogen-bond donors (Lipinski definition) is 1. The summed E-state index contributed by atoms with van der Waals surface area (Å²) in [5.41, 5.74) is 5.98. The van der Waals surface area contributed by atoms with Crippen LogP contribution in [0, 0.1) is 18.3 Å². The van der Waals surface area contributed by atoms with Gasteiger partial charge >= 0.3 is 0 Å². The van der Waals surface area contributed by atoms with Gasteiger partial charge in [0.1, 0.15) is 0 Å². The number of nitrogens with zero attached hydrogens (tertiary/aromatic N) is 1. The molecule has 0 unspecified atom stereocenters. The van der Waals surface area contributed by atoms with Gasteiger partial charge in [-0.25, -0.2) is 0 Å². The van der Waals surface area contributed by atoms with Crippen molar-refractivity contribution >= 4 is 0 Å². The van der Waals surface area contributed by atoms with Crippen LogP contribution in [0.25, 0.3) is 0 Å². The van der Waals surface area contributed by atoms with E-state index >= 15 is 0 Å². The average Bonchev–Trinajstić information content (AvgIpc) is 1.65. The molecule has 0 amide bonds. The Hall–Kier alpha value is -0.970. The Balaban J connectivity index is 4.07. The first kappa shape index (κ1) is 6.03. The number of hydrogen-bond acceptors (Lipinski definition) is 2. The largest absolute Gasteiger partial charge is 0.401 e. The highest BCUT2D eigenvalue weighted by atomic mass is 14.6. The molecule has 0 rings (SSSR count). The molecule has 2 nitrogen and oxygen atoms in total. The molecule has 1 radical (unpaired) electrons. The van der Waals surface area contributed by atoms with Crippen LogP contribution in [0.5, 0.6) is 0 Å². The maximum absolute atomic E-state index is 8.05. The summed E-state index contributed by atoms with van der Waals surface area (Å²) in [4.78, 5) is 0. The highest BCUT2D eigenvalue weighted by molar-refractivity contribution is 5.27. The quantitative estimate of drug-likeness (QED) is 0.447. The Morgan fingerprint density at radius 1 is 1.86 bits per heavy atom. The second kappa shape index (κ2) is 2.25. The van der Waals surface area contributed by atoms with Crippen molar-refractivity contribution in [3.63, 3.8) is 0 Å². The fourth-order valence-corrected chi connectivity index (χ4v) is 0.0882. The van der Waals surface area contributed by atoms with Gasteiger partial charge < -0.3 is 5.73 Å². The maximum Gasteiger partial charge on any atom is 0.0965 e. The van der Waals surface area contributed by atoms with Crippen LogP contribution in [-0.4, -0.2) is 0 Å². The number of nitrogens with two attached hydrogens (primary N) is 1. The SMILES string of the molecule is [CH2]C(C#N)=C(C)N. The zero-order valence-electron chi connectivity index (χ0n) is 4.23. The third-order valence-corrected chi connectivity index (χ3v) is 0.611. The van der Waals surface area contributed by atoms with Gasteiger partial charge in [0.15, 0.2) is 0 Å². The molecule has 37 valence electrons. The molecule has 0 aromatic rings. The molecule has 0 saturated carbocycles. The molecule has 0 aromatic heterocycles. The number of allylic oxidation sites excluding steroid dienone is 2. The van der Waals surface area contributed by atoms with Crippen molar-refractivity contribution in [3.05, 3.63) is 18.2 Å². The van der Waals surface area contributed by atoms with Crippen molar-refractivity contribution in [3.8, 4) is 6.07 Å². The molecule has 0 heterocycles. The smallest absolute Gasteiger partial charge is 0.0965 e. The molecule has 7 heavy (non-hydrogen) atoms. The second-order valence-electron chi connectivity index (χ2n) is 1.27. The fourth-order valence-electron chi connectivity index (χ4n) is 0.0882. The highest BCUT2D eigenvalue weighted by Gasteiger charge is 1.83. The molecule has 0 aliphatic heterocycles. The van der Waals surface area contributed by atoms with Crippen molar-refractivity contribution in [2.75, 3.05) is 0 Å². The number of rotatable bonds is 0. The third-order valence-electron chi connectivity index (χ3n) is 0.611. The summed E-state index contributed by atoms with van der Waals surface area (Å²) in [6.07, 6.45) is 0. The van der Waals surface area contributed by atoms with Gasteiger partial charge in [-0.15, -0.1) is 0 Å². The molecule has 0 atom stereocenters. The van der Waals surface area contributed by atoms with Gasteiger partial charge in [-0.2, -0.15) is 5.26 Å². The van der Waals surface area contributed by atoms with E-state index in [1.54, 1.807) is 6.92 Å². The van der Waals surface area contributed by atoms with Gasteiger partial charge in [0, 0.05) is 11.3 Å². The second-order valence-corrected chi connectivity index (χ2v) is 1.27. The first-order valence-electron chi connectivity index (χ1n) is 1.87. The molecule has 2 heteroatoms. The standard InChI is InChI=1S/C5H7N2/c1-4(3-6)5(2)7/h1,7H2,2H3. The molecule has 0 aliphatic rings. The zero-order chi connectivity index (χ0) is 5.86. The van der Waals surface area contributed by atoms with E-state index in [9.17, 15) is 0 Å². The molecule has 0 bridgehead atoms. The van der Waals surface area contributed by atoms with E-state index in [2.05, 4.69) is 6.92 Å². The fraction of sp³-hybridized carbons (Fsp3) is 0.200. The zero-order valence-corrected chi connectivity index (χ0v) is 4.23. The van der Waals surface area contributed by atoms with Crippen LogP contribution in [0.15, 0.2) is 11.3 Å². The minimum atomic E-state index is 0.347. The van der Waals surface area contributed by atoms with Crippen LogP contribution >= 0.6 is 0 Å². The van der Waals surface area contributed by atoms with Crippen LogP contribution in [0.1, 0.15) is 6.92 Å². The molecule has 0 aliphatic carbocycles. The Kier molecular flexibility index (Phi) is 1.94. The topological polar surface area (TPSA) is 49.8 Å². The summed E-state index contributed by atoms with van der Waals surface area (Å²) in [5.74, 6) is 0. The molecule has 0 fully saturated rings. The summed E-state index contributed by atoms with van der Waals surface area (Å²) in [6.45, 7) is 4.99. The summed E-state index contributed by atoms with van der Waals surface area (Å²) in [7, 11) is 0. The first-order chi connectivity index (χ1) is 3.18. The summed E-state index contributed by atoms with van der Waals surface area (Å²) in [6, 6.07) is 1.81. The van der Waals surface area contributed by atoms with Crippen LogP contribution in [0.2, 0.25) is 0 Å². The normalized spacial score (nSPS) is 12.1. The summed E-state index contributed by atoms with van der Waals surface area (Å²) in [5, 5.41) is 8.05. The van der Waals surface area contributed by atoms with Crippen molar-refractivity contribution in [1.29, 1.82) is 5.26 Å². The first-order valence-corrected chi connectivity index (χ1v) is 1.87. The van der Waals surface area contributed by atoms with E-state index in [4.69, 9.17) is 11.0 Å². The van der Waals surface area contributed by atoms with Crippen LogP contribution < -0.4 is 5.73 Å². The molecule has 0 saturated heterocycles. The molecular weight excluding hydrogens is 88.1 g/mol. The van der Waals surface area contributed by atoms with Crippen molar-refractivity contribution in [2.24, 2.45) is 5.73 Å². The Bertz CT molecular complexity index is 124. The van der Waals surface area contributed by atoms with Crippen LogP contribution in [-0.2, 0) is 0 Å². The maximum atomic E-state index is 8.05. The molecule has 2 N–H and O–H groups in total. The molecular formula is C5H7N2. The highest BCUT2D eigenvalue weighted by Crippen LogP contribution is 1.90. The van der Waals surface area contributed by atoms with Crippen LogP contribution in [0.4, 0.5) is 0 Å². The predicted molar refractivity (Wildman–Crippen MR) is 27.9 cm³/mol. The van der Waals surface area contributed by atoms with E-state index < -0.39 is 0 Å². The van der Waals surface area contributed by atoms with Gasteiger partial charge in [-0.05, 0) is 13.8 Å². The Labute approximate surface area is 43.2 Å². The minimum absolute atomic E-state index is 0.347. The van der Waals surface area contributed by atoms with Crippen molar-refractivity contribution in [1.82, 2.24) is 0 Å². The monoisotopic (exact) mass is 95.1 g/mol. The van der Waals surface area contributed by atoms with E-state index in [1.165, 1.54) is 0 Å².